The van der Waals surface area contributed by atoms with Crippen molar-refractivity contribution >= 4 is 5.95 Å². The molecule has 0 saturated heterocycles. The van der Waals surface area contributed by atoms with E-state index >= 15 is 0 Å². The average Bonchev–Trinajstić information content (AvgIpc) is 2.74. The van der Waals surface area contributed by atoms with E-state index in [4.69, 9.17) is 4.74 Å². The Morgan fingerprint density at radius 2 is 2.26 bits per heavy atom. The fourth-order valence-corrected chi connectivity index (χ4v) is 1.88. The minimum absolute atomic E-state index is 0.224. The van der Waals surface area contributed by atoms with Crippen molar-refractivity contribution in [3.63, 3.8) is 0 Å². The third-order valence-electron chi connectivity index (χ3n) is 2.77. The lowest BCUT2D eigenvalue weighted by atomic mass is 10.2. The number of anilines is 1. The maximum absolute atomic E-state index is 13.1. The van der Waals surface area contributed by atoms with Crippen molar-refractivity contribution in [3.8, 4) is 0 Å². The molecule has 1 N–H and O–H groups in total. The summed E-state index contributed by atoms with van der Waals surface area (Å²) in [6.07, 6.45) is 1.97. The van der Waals surface area contributed by atoms with Crippen LogP contribution in [-0.2, 0) is 17.8 Å². The van der Waals surface area contributed by atoms with Crippen molar-refractivity contribution in [1.82, 2.24) is 9.55 Å². The highest BCUT2D eigenvalue weighted by Gasteiger charge is 2.05. The van der Waals surface area contributed by atoms with Gasteiger partial charge < -0.3 is 14.6 Å². The Hall–Kier alpha value is -1.88. The number of aromatic nitrogens is 2. The predicted octanol–water partition coefficient (Wildman–Crippen LogP) is 2.59. The molecule has 2 aromatic rings. The molecule has 0 atom stereocenters. The Kier molecular flexibility index (Phi) is 4.52. The van der Waals surface area contributed by atoms with Crippen LogP contribution >= 0.6 is 0 Å². The van der Waals surface area contributed by atoms with Gasteiger partial charge in [-0.15, -0.1) is 0 Å². The zero-order valence-corrected chi connectivity index (χ0v) is 11.2. The van der Waals surface area contributed by atoms with Crippen LogP contribution in [0.4, 0.5) is 10.3 Å². The fraction of sp³-hybridized carbons (Fsp3) is 0.357. The third kappa shape index (κ3) is 3.79. The quantitative estimate of drug-likeness (QED) is 0.870. The smallest absolute Gasteiger partial charge is 0.203 e. The number of benzene rings is 1. The van der Waals surface area contributed by atoms with E-state index in [0.29, 0.717) is 13.2 Å². The first-order valence-corrected chi connectivity index (χ1v) is 6.20. The van der Waals surface area contributed by atoms with Crippen LogP contribution in [0.1, 0.15) is 11.3 Å². The molecule has 1 heterocycles. The lowest BCUT2D eigenvalue weighted by Gasteiger charge is -2.09. The summed E-state index contributed by atoms with van der Waals surface area (Å²) in [4.78, 5) is 4.40. The molecule has 0 aliphatic carbocycles. The van der Waals surface area contributed by atoms with Gasteiger partial charge in [-0.25, -0.2) is 9.37 Å². The molecule has 0 spiro atoms. The van der Waals surface area contributed by atoms with E-state index in [1.807, 2.05) is 23.8 Å². The molecule has 0 aliphatic rings. The maximum Gasteiger partial charge on any atom is 0.203 e. The zero-order chi connectivity index (χ0) is 13.7. The van der Waals surface area contributed by atoms with Crippen molar-refractivity contribution in [2.24, 2.45) is 0 Å². The first-order chi connectivity index (χ1) is 9.19. The summed E-state index contributed by atoms with van der Waals surface area (Å²) in [5.74, 6) is 0.553. The molecular formula is C14H18FN3O. The normalized spacial score (nSPS) is 10.7. The fourth-order valence-electron chi connectivity index (χ4n) is 1.88. The van der Waals surface area contributed by atoms with Crippen LogP contribution in [0.25, 0.3) is 0 Å². The SMILES string of the molecule is COCCn1cc(C)nc1NCc1cccc(F)c1. The van der Waals surface area contributed by atoms with Gasteiger partial charge in [-0.1, -0.05) is 12.1 Å². The molecule has 102 valence electrons. The maximum atomic E-state index is 13.1. The molecule has 4 nitrogen and oxygen atoms in total. The number of nitrogens with zero attached hydrogens (tertiary/aromatic N) is 2. The van der Waals surface area contributed by atoms with Gasteiger partial charge in [-0.05, 0) is 24.6 Å². The summed E-state index contributed by atoms with van der Waals surface area (Å²) in [6, 6.07) is 6.54. The Bertz CT molecular complexity index is 539. The lowest BCUT2D eigenvalue weighted by molar-refractivity contribution is 0.187. The number of ether oxygens (including phenoxy) is 1. The summed E-state index contributed by atoms with van der Waals surface area (Å²) in [6.45, 7) is 3.85. The second-order valence-electron chi connectivity index (χ2n) is 4.38. The minimum atomic E-state index is -0.224. The molecule has 19 heavy (non-hydrogen) atoms. The lowest BCUT2D eigenvalue weighted by Crippen LogP contribution is -2.10. The average molecular weight is 263 g/mol. The van der Waals surface area contributed by atoms with E-state index < -0.39 is 0 Å². The van der Waals surface area contributed by atoms with Crippen LogP contribution in [0, 0.1) is 12.7 Å². The molecule has 0 radical (unpaired) electrons. The Labute approximate surface area is 112 Å². The molecule has 2 rings (SSSR count). The molecule has 0 amide bonds. The highest BCUT2D eigenvalue weighted by molar-refractivity contribution is 5.31. The van der Waals surface area contributed by atoms with Gasteiger partial charge in [0.05, 0.1) is 12.3 Å². The van der Waals surface area contributed by atoms with Crippen molar-refractivity contribution < 1.29 is 9.13 Å². The first kappa shape index (κ1) is 13.5. The Morgan fingerprint density at radius 1 is 1.42 bits per heavy atom. The highest BCUT2D eigenvalue weighted by atomic mass is 19.1. The number of aryl methyl sites for hydroxylation is 1. The molecule has 0 saturated carbocycles. The largest absolute Gasteiger partial charge is 0.383 e. The number of hydrogen-bond acceptors (Lipinski definition) is 3. The molecule has 1 aromatic carbocycles. The third-order valence-corrected chi connectivity index (χ3v) is 2.77. The summed E-state index contributed by atoms with van der Waals surface area (Å²) >= 11 is 0. The summed E-state index contributed by atoms with van der Waals surface area (Å²) < 4.78 is 20.1. The molecule has 1 aromatic heterocycles. The molecule has 0 bridgehead atoms. The van der Waals surface area contributed by atoms with Gasteiger partial charge in [0.2, 0.25) is 5.95 Å². The molecular weight excluding hydrogens is 245 g/mol. The van der Waals surface area contributed by atoms with E-state index in [0.717, 1.165) is 23.8 Å². The number of hydrogen-bond donors (Lipinski definition) is 1. The van der Waals surface area contributed by atoms with Crippen molar-refractivity contribution in [2.75, 3.05) is 19.0 Å². The van der Waals surface area contributed by atoms with Gasteiger partial charge >= 0.3 is 0 Å². The van der Waals surface area contributed by atoms with Crippen molar-refractivity contribution in [2.45, 2.75) is 20.0 Å². The topological polar surface area (TPSA) is 39.1 Å². The van der Waals surface area contributed by atoms with Gasteiger partial charge in [0.1, 0.15) is 5.82 Å². The Balaban J connectivity index is 2.02. The number of imidazole rings is 1. The first-order valence-electron chi connectivity index (χ1n) is 6.20. The van der Waals surface area contributed by atoms with E-state index in [2.05, 4.69) is 10.3 Å². The van der Waals surface area contributed by atoms with Gasteiger partial charge in [0.25, 0.3) is 0 Å². The molecule has 5 heteroatoms. The number of nitrogens with one attached hydrogen (secondary N) is 1. The summed E-state index contributed by atoms with van der Waals surface area (Å²) in [5.41, 5.74) is 1.83. The van der Waals surface area contributed by atoms with Crippen LogP contribution < -0.4 is 5.32 Å². The van der Waals surface area contributed by atoms with E-state index in [1.165, 1.54) is 12.1 Å². The van der Waals surface area contributed by atoms with E-state index in [1.54, 1.807) is 13.2 Å². The minimum Gasteiger partial charge on any atom is -0.383 e. The zero-order valence-electron chi connectivity index (χ0n) is 11.2. The molecule has 0 aliphatic heterocycles. The second-order valence-corrected chi connectivity index (χ2v) is 4.38. The van der Waals surface area contributed by atoms with E-state index in [9.17, 15) is 4.39 Å². The van der Waals surface area contributed by atoms with Crippen molar-refractivity contribution in [3.05, 3.63) is 47.5 Å². The van der Waals surface area contributed by atoms with Gasteiger partial charge in [0, 0.05) is 26.4 Å². The van der Waals surface area contributed by atoms with Gasteiger partial charge in [0.15, 0.2) is 0 Å². The van der Waals surface area contributed by atoms with Crippen molar-refractivity contribution in [1.29, 1.82) is 0 Å². The summed E-state index contributed by atoms with van der Waals surface area (Å²) in [5, 5.41) is 3.22. The van der Waals surface area contributed by atoms with Crippen LogP contribution in [0.3, 0.4) is 0 Å². The number of rotatable bonds is 6. The van der Waals surface area contributed by atoms with Gasteiger partial charge in [-0.2, -0.15) is 0 Å². The predicted molar refractivity (Wildman–Crippen MR) is 72.6 cm³/mol. The standard InChI is InChI=1S/C14H18FN3O/c1-11-10-18(6-7-19-2)14(17-11)16-9-12-4-3-5-13(15)8-12/h3-5,8,10H,6-7,9H2,1-2H3,(H,16,17). The highest BCUT2D eigenvalue weighted by Crippen LogP contribution is 2.11. The van der Waals surface area contributed by atoms with Crippen LogP contribution in [0.5, 0.6) is 0 Å². The number of methoxy groups -OCH3 is 1. The van der Waals surface area contributed by atoms with Crippen LogP contribution in [0.15, 0.2) is 30.5 Å². The second kappa shape index (κ2) is 6.33. The van der Waals surface area contributed by atoms with Crippen LogP contribution in [-0.4, -0.2) is 23.3 Å². The van der Waals surface area contributed by atoms with E-state index in [-0.39, 0.29) is 5.82 Å². The summed E-state index contributed by atoms with van der Waals surface area (Å²) in [7, 11) is 1.67. The molecule has 0 fully saturated rings. The van der Waals surface area contributed by atoms with Gasteiger partial charge in [-0.3, -0.25) is 0 Å². The number of halogens is 1. The monoisotopic (exact) mass is 263 g/mol. The van der Waals surface area contributed by atoms with Crippen LogP contribution in [0.2, 0.25) is 0 Å². The Morgan fingerprint density at radius 3 is 3.00 bits per heavy atom. The molecule has 0 unspecified atom stereocenters.